The van der Waals surface area contributed by atoms with Gasteiger partial charge >= 0.3 is 5.97 Å². The van der Waals surface area contributed by atoms with E-state index in [9.17, 15) is 33.9 Å². The van der Waals surface area contributed by atoms with Gasteiger partial charge in [-0.3, -0.25) is 38.7 Å². The Hall–Kier alpha value is -3.60. The first kappa shape index (κ1) is 22.6. The van der Waals surface area contributed by atoms with Crippen LogP contribution in [-0.2, 0) is 19.2 Å². The van der Waals surface area contributed by atoms with Gasteiger partial charge in [-0.05, 0) is 44.5 Å². The van der Waals surface area contributed by atoms with Crippen LogP contribution in [0.15, 0.2) is 24.3 Å². The Labute approximate surface area is 189 Å². The van der Waals surface area contributed by atoms with Crippen LogP contribution < -0.4 is 5.32 Å². The van der Waals surface area contributed by atoms with E-state index in [-0.39, 0.29) is 30.5 Å². The Morgan fingerprint density at radius 3 is 2.21 bits per heavy atom. The number of carbonyl (C=O) groups is 6. The first-order chi connectivity index (χ1) is 15.8. The lowest BCUT2D eigenvalue weighted by atomic mass is 10.0. The van der Waals surface area contributed by atoms with E-state index in [0.717, 1.165) is 35.7 Å². The van der Waals surface area contributed by atoms with Crippen molar-refractivity contribution in [2.45, 2.75) is 37.8 Å². The molecule has 2 fully saturated rings. The van der Waals surface area contributed by atoms with Gasteiger partial charge in [0.05, 0.1) is 24.2 Å². The van der Waals surface area contributed by atoms with Gasteiger partial charge in [-0.25, -0.2) is 4.79 Å². The molecule has 2 unspecified atom stereocenters. The van der Waals surface area contributed by atoms with Crippen LogP contribution in [0.25, 0.3) is 0 Å². The van der Waals surface area contributed by atoms with E-state index in [1.165, 1.54) is 12.1 Å². The number of benzene rings is 1. The normalized spacial score (nSPS) is 22.0. The number of piperidine rings is 1. The van der Waals surface area contributed by atoms with E-state index in [1.807, 2.05) is 4.90 Å². The Bertz CT molecular complexity index is 998. The smallest absolute Gasteiger partial charge is 0.328 e. The number of carboxylic acids is 1. The highest BCUT2D eigenvalue weighted by Crippen LogP contribution is 2.29. The summed E-state index contributed by atoms with van der Waals surface area (Å²) in [4.78, 5) is 78.7. The highest BCUT2D eigenvalue weighted by atomic mass is 16.4. The second-order valence-corrected chi connectivity index (χ2v) is 8.36. The number of hydrogen-bond acceptors (Lipinski definition) is 7. The monoisotopic (exact) mass is 456 g/mol. The number of amides is 5. The number of nitrogens with zero attached hydrogens (tertiary/aromatic N) is 3. The van der Waals surface area contributed by atoms with E-state index >= 15 is 0 Å². The van der Waals surface area contributed by atoms with Crippen LogP contribution in [-0.4, -0.2) is 93.6 Å². The minimum Gasteiger partial charge on any atom is -0.480 e. The van der Waals surface area contributed by atoms with Crippen LogP contribution in [0.4, 0.5) is 0 Å². The molecule has 2 N–H and O–H groups in total. The molecule has 4 rings (SSSR count). The Kier molecular flexibility index (Phi) is 6.23. The minimum absolute atomic E-state index is 0.0311. The lowest BCUT2D eigenvalue weighted by molar-refractivity contribution is -0.154. The number of likely N-dealkylation sites (tertiary alicyclic amines) is 2. The molecule has 1 aromatic rings. The molecule has 2 saturated heterocycles. The molecule has 0 bridgehead atoms. The average Bonchev–Trinajstić information content (AvgIpc) is 3.37. The second kappa shape index (κ2) is 9.10. The van der Waals surface area contributed by atoms with Crippen LogP contribution in [0.1, 0.15) is 46.4 Å². The molecular weight excluding hydrogens is 432 g/mol. The molecule has 11 heteroatoms. The van der Waals surface area contributed by atoms with Crippen LogP contribution in [0.2, 0.25) is 0 Å². The zero-order valence-electron chi connectivity index (χ0n) is 17.9. The summed E-state index contributed by atoms with van der Waals surface area (Å²) in [7, 11) is 0. The van der Waals surface area contributed by atoms with Gasteiger partial charge < -0.3 is 10.4 Å². The fraction of sp³-hybridized carbons (Fsp3) is 0.455. The lowest BCUT2D eigenvalue weighted by Crippen LogP contribution is -2.60. The van der Waals surface area contributed by atoms with Crippen LogP contribution in [0.3, 0.4) is 0 Å². The number of fused-ring (bicyclic) bond motifs is 1. The van der Waals surface area contributed by atoms with Crippen LogP contribution in [0, 0.1) is 0 Å². The fourth-order valence-corrected chi connectivity index (χ4v) is 4.50. The van der Waals surface area contributed by atoms with Crippen molar-refractivity contribution in [3.63, 3.8) is 0 Å². The molecule has 0 spiro atoms. The zero-order valence-corrected chi connectivity index (χ0v) is 17.9. The highest BCUT2D eigenvalue weighted by molar-refractivity contribution is 6.23. The summed E-state index contributed by atoms with van der Waals surface area (Å²) in [6, 6.07) is 3.46. The molecule has 1 aromatic carbocycles. The van der Waals surface area contributed by atoms with E-state index in [4.69, 9.17) is 0 Å². The van der Waals surface area contributed by atoms with Crippen molar-refractivity contribution in [1.82, 2.24) is 20.0 Å². The van der Waals surface area contributed by atoms with Crippen molar-refractivity contribution < 1.29 is 33.9 Å². The molecular formula is C22H24N4O7. The van der Waals surface area contributed by atoms with Crippen molar-refractivity contribution in [3.8, 4) is 0 Å². The fourth-order valence-electron chi connectivity index (χ4n) is 4.50. The third kappa shape index (κ3) is 4.36. The highest BCUT2D eigenvalue weighted by Gasteiger charge is 2.47. The molecule has 0 saturated carbocycles. The number of hydrogen-bond donors (Lipinski definition) is 2. The zero-order chi connectivity index (χ0) is 23.7. The summed E-state index contributed by atoms with van der Waals surface area (Å²) in [6.45, 7) is 0.939. The third-order valence-electron chi connectivity index (χ3n) is 6.19. The summed E-state index contributed by atoms with van der Waals surface area (Å²) in [6.07, 6.45) is 1.74. The topological polar surface area (TPSA) is 144 Å². The number of nitrogens with one attached hydrogen (secondary N) is 1. The quantitative estimate of drug-likeness (QED) is 0.521. The minimum atomic E-state index is -1.51. The summed E-state index contributed by atoms with van der Waals surface area (Å²) in [5, 5.41) is 11.9. The van der Waals surface area contributed by atoms with E-state index in [2.05, 4.69) is 5.32 Å². The van der Waals surface area contributed by atoms with Gasteiger partial charge in [0.15, 0.2) is 0 Å². The maximum Gasteiger partial charge on any atom is 0.328 e. The molecule has 2 atom stereocenters. The molecule has 0 aliphatic carbocycles. The van der Waals surface area contributed by atoms with Gasteiger partial charge in [0.2, 0.25) is 11.8 Å². The predicted molar refractivity (Wildman–Crippen MR) is 112 cm³/mol. The Morgan fingerprint density at radius 2 is 1.64 bits per heavy atom. The molecule has 33 heavy (non-hydrogen) atoms. The summed E-state index contributed by atoms with van der Waals surface area (Å²) >= 11 is 0. The molecule has 3 aliphatic heterocycles. The molecule has 11 nitrogen and oxygen atoms in total. The number of aliphatic carboxylic acids is 1. The van der Waals surface area contributed by atoms with Crippen LogP contribution in [0.5, 0.6) is 0 Å². The molecule has 3 heterocycles. The van der Waals surface area contributed by atoms with Gasteiger partial charge in [-0.2, -0.15) is 0 Å². The third-order valence-corrected chi connectivity index (χ3v) is 6.19. The average molecular weight is 456 g/mol. The summed E-state index contributed by atoms with van der Waals surface area (Å²) < 4.78 is 0. The second-order valence-electron chi connectivity index (χ2n) is 8.36. The van der Waals surface area contributed by atoms with Gasteiger partial charge in [-0.15, -0.1) is 0 Å². The summed E-state index contributed by atoms with van der Waals surface area (Å²) in [5.41, 5.74) is 0.354. The van der Waals surface area contributed by atoms with Crippen molar-refractivity contribution in [3.05, 3.63) is 35.4 Å². The first-order valence-electron chi connectivity index (χ1n) is 10.8. The van der Waals surface area contributed by atoms with Crippen molar-refractivity contribution in [1.29, 1.82) is 0 Å². The Balaban J connectivity index is 1.47. The summed E-state index contributed by atoms with van der Waals surface area (Å²) in [5.74, 6) is -4.62. The van der Waals surface area contributed by atoms with E-state index < -0.39 is 54.1 Å². The number of carbonyl (C=O) groups excluding carboxylic acids is 5. The van der Waals surface area contributed by atoms with Gasteiger partial charge in [-0.1, -0.05) is 12.1 Å². The lowest BCUT2D eigenvalue weighted by Gasteiger charge is -2.35. The number of carboxylic acid groups (broad SMARTS) is 1. The molecule has 0 radical (unpaired) electrons. The standard InChI is InChI=1S/C22H24N4O7/c27-17(12-24-9-3-4-10-24)23-15(22(32)33)11-25-18(28)8-7-16(21(25)31)26-19(29)13-5-1-2-6-14(13)20(26)30/h1-2,5-6,15-16H,3-4,7-12H2,(H,23,27)(H,32,33). The first-order valence-corrected chi connectivity index (χ1v) is 10.8. The maximum atomic E-state index is 13.1. The predicted octanol–water partition coefficient (Wildman–Crippen LogP) is -0.535. The SMILES string of the molecule is O=C(CN1CCCC1)NC(CN1C(=O)CCC(N2C(=O)c3ccccc3C2=O)C1=O)C(=O)O. The molecule has 174 valence electrons. The molecule has 3 aliphatic rings. The largest absolute Gasteiger partial charge is 0.480 e. The van der Waals surface area contributed by atoms with Crippen molar-refractivity contribution in [2.24, 2.45) is 0 Å². The molecule has 5 amide bonds. The van der Waals surface area contributed by atoms with Gasteiger partial charge in [0.25, 0.3) is 17.7 Å². The van der Waals surface area contributed by atoms with E-state index in [1.54, 1.807) is 12.1 Å². The van der Waals surface area contributed by atoms with Crippen molar-refractivity contribution in [2.75, 3.05) is 26.2 Å². The van der Waals surface area contributed by atoms with Gasteiger partial charge in [0, 0.05) is 6.42 Å². The van der Waals surface area contributed by atoms with E-state index in [0.29, 0.717) is 0 Å². The molecule has 0 aromatic heterocycles. The number of rotatable bonds is 7. The van der Waals surface area contributed by atoms with Crippen molar-refractivity contribution >= 4 is 35.5 Å². The van der Waals surface area contributed by atoms with Crippen LogP contribution >= 0.6 is 0 Å². The Morgan fingerprint density at radius 1 is 1.03 bits per heavy atom. The van der Waals surface area contributed by atoms with Gasteiger partial charge in [0.1, 0.15) is 12.1 Å². The number of imide groups is 2. The maximum absolute atomic E-state index is 13.1.